The van der Waals surface area contributed by atoms with Crippen LogP contribution in [-0.2, 0) is 0 Å². The van der Waals surface area contributed by atoms with Gasteiger partial charge in [0.1, 0.15) is 0 Å². The molecule has 2 aromatic carbocycles. The van der Waals surface area contributed by atoms with Gasteiger partial charge >= 0.3 is 0 Å². The van der Waals surface area contributed by atoms with E-state index < -0.39 is 0 Å². The van der Waals surface area contributed by atoms with E-state index in [0.717, 1.165) is 24.7 Å². The molecule has 0 spiro atoms. The van der Waals surface area contributed by atoms with Gasteiger partial charge in [-0.25, -0.2) is 0 Å². The molecular weight excluding hydrogens is 448 g/mol. The van der Waals surface area contributed by atoms with Crippen LogP contribution < -0.4 is 11.1 Å². The molecule has 0 radical (unpaired) electrons. The fraction of sp³-hybridized carbons (Fsp3) is 0.200. The Morgan fingerprint density at radius 1 is 1.00 bits per heavy atom. The van der Waals surface area contributed by atoms with Gasteiger partial charge in [-0.05, 0) is 90.1 Å². The Labute approximate surface area is 144 Å². The Kier molecular flexibility index (Phi) is 5.66. The fourth-order valence-corrected chi connectivity index (χ4v) is 2.95. The summed E-state index contributed by atoms with van der Waals surface area (Å²) in [6, 6.07) is 12.5. The van der Waals surface area contributed by atoms with Crippen molar-refractivity contribution in [3.05, 3.63) is 60.9 Å². The van der Waals surface area contributed by atoms with Crippen LogP contribution in [-0.4, -0.2) is 6.54 Å². The number of benzene rings is 2. The zero-order valence-corrected chi connectivity index (χ0v) is 15.7. The first-order chi connectivity index (χ1) is 9.51. The lowest BCUT2D eigenvalue weighted by Crippen LogP contribution is -2.20. The van der Waals surface area contributed by atoms with Crippen molar-refractivity contribution in [1.29, 1.82) is 0 Å². The van der Waals surface area contributed by atoms with Gasteiger partial charge in [0.25, 0.3) is 0 Å². The molecule has 5 heteroatoms. The van der Waals surface area contributed by atoms with E-state index in [1.54, 1.807) is 0 Å². The minimum atomic E-state index is 0.0671. The van der Waals surface area contributed by atoms with E-state index in [1.165, 1.54) is 5.56 Å². The molecule has 2 nitrogen and oxygen atoms in total. The maximum atomic E-state index is 5.92. The van der Waals surface area contributed by atoms with Gasteiger partial charge in [0.05, 0.1) is 6.04 Å². The van der Waals surface area contributed by atoms with E-state index in [2.05, 4.69) is 84.3 Å². The maximum absolute atomic E-state index is 5.92. The third kappa shape index (κ3) is 3.85. The van der Waals surface area contributed by atoms with Crippen molar-refractivity contribution >= 4 is 53.5 Å². The molecule has 20 heavy (non-hydrogen) atoms. The van der Waals surface area contributed by atoms with Crippen molar-refractivity contribution < 1.29 is 0 Å². The molecule has 0 saturated heterocycles. The molecule has 2 rings (SSSR count). The minimum absolute atomic E-state index is 0.0671. The van der Waals surface area contributed by atoms with E-state index in [9.17, 15) is 0 Å². The summed E-state index contributed by atoms with van der Waals surface area (Å²) in [5, 5.41) is 3.49. The molecule has 1 unspecified atom stereocenters. The van der Waals surface area contributed by atoms with Crippen LogP contribution in [0.2, 0.25) is 0 Å². The summed E-state index contributed by atoms with van der Waals surface area (Å²) in [5.74, 6) is 0. The topological polar surface area (TPSA) is 38.0 Å². The molecule has 0 bridgehead atoms. The van der Waals surface area contributed by atoms with Crippen LogP contribution in [0.4, 0.5) is 5.69 Å². The molecule has 0 aliphatic rings. The smallest absolute Gasteiger partial charge is 0.0636 e. The van der Waals surface area contributed by atoms with Gasteiger partial charge in [0.2, 0.25) is 0 Å². The number of hydrogen-bond donors (Lipinski definition) is 2. The zero-order chi connectivity index (χ0) is 14.7. The number of halogens is 3. The summed E-state index contributed by atoms with van der Waals surface area (Å²) < 4.78 is 3.10. The number of aryl methyl sites for hydroxylation is 1. The van der Waals surface area contributed by atoms with Gasteiger partial charge in [-0.15, -0.1) is 0 Å². The lowest BCUT2D eigenvalue weighted by atomic mass is 10.1. The number of nitrogens with one attached hydrogen (secondary N) is 1. The first-order valence-corrected chi connectivity index (χ1v) is 8.57. The predicted molar refractivity (Wildman–Crippen MR) is 96.1 cm³/mol. The van der Waals surface area contributed by atoms with Gasteiger partial charge in [0, 0.05) is 25.7 Å². The number of rotatable bonds is 4. The van der Waals surface area contributed by atoms with Crippen LogP contribution in [0.25, 0.3) is 0 Å². The maximum Gasteiger partial charge on any atom is 0.0636 e. The quantitative estimate of drug-likeness (QED) is 0.639. The first-order valence-electron chi connectivity index (χ1n) is 6.19. The normalized spacial score (nSPS) is 12.2. The fourth-order valence-electron chi connectivity index (χ4n) is 1.94. The van der Waals surface area contributed by atoms with Gasteiger partial charge < -0.3 is 11.1 Å². The summed E-state index contributed by atoms with van der Waals surface area (Å²) in [6.07, 6.45) is 0. The number of hydrogen-bond acceptors (Lipinski definition) is 2. The molecule has 0 fully saturated rings. The van der Waals surface area contributed by atoms with Crippen molar-refractivity contribution in [2.24, 2.45) is 5.73 Å². The van der Waals surface area contributed by atoms with Crippen LogP contribution in [0.1, 0.15) is 17.2 Å². The van der Waals surface area contributed by atoms with E-state index in [1.807, 2.05) is 12.1 Å². The predicted octanol–water partition coefficient (Wildman–Crippen LogP) is 5.39. The van der Waals surface area contributed by atoms with Gasteiger partial charge in [-0.2, -0.15) is 0 Å². The third-order valence-electron chi connectivity index (χ3n) is 3.03. The summed E-state index contributed by atoms with van der Waals surface area (Å²) in [6.45, 7) is 2.60. The number of nitrogens with two attached hydrogens (primary N) is 1. The van der Waals surface area contributed by atoms with E-state index >= 15 is 0 Å². The zero-order valence-electron chi connectivity index (χ0n) is 11.0. The Bertz CT molecular complexity index is 614. The molecule has 0 aromatic heterocycles. The molecule has 106 valence electrons. The molecule has 2 aromatic rings. The Balaban J connectivity index is 2.28. The van der Waals surface area contributed by atoms with Crippen molar-refractivity contribution in [1.82, 2.24) is 0 Å². The largest absolute Gasteiger partial charge is 0.376 e. The second-order valence-electron chi connectivity index (χ2n) is 4.59. The molecule has 0 aliphatic heterocycles. The average Bonchev–Trinajstić information content (AvgIpc) is 2.43. The van der Waals surface area contributed by atoms with Crippen molar-refractivity contribution in [2.45, 2.75) is 13.0 Å². The summed E-state index contributed by atoms with van der Waals surface area (Å²) in [7, 11) is 0. The Morgan fingerprint density at radius 3 is 2.35 bits per heavy atom. The highest BCUT2D eigenvalue weighted by Crippen LogP contribution is 2.30. The Hall–Kier alpha value is -0.360. The van der Waals surface area contributed by atoms with Crippen molar-refractivity contribution in [2.75, 3.05) is 11.9 Å². The van der Waals surface area contributed by atoms with Crippen molar-refractivity contribution in [3.8, 4) is 0 Å². The highest BCUT2D eigenvalue weighted by Gasteiger charge is 2.12. The molecule has 3 N–H and O–H groups in total. The number of anilines is 1. The second-order valence-corrected chi connectivity index (χ2v) is 7.15. The lowest BCUT2D eigenvalue weighted by molar-refractivity contribution is 0.788. The molecule has 0 saturated carbocycles. The standard InChI is InChI=1S/C15H15Br3N2/c1-9-2-4-12(17)14(6-9)20-15(8-19)10-3-5-11(16)13(18)7-10/h2-7,15,20H,8,19H2,1H3. The van der Waals surface area contributed by atoms with Crippen LogP contribution in [0.5, 0.6) is 0 Å². The minimum Gasteiger partial charge on any atom is -0.376 e. The SMILES string of the molecule is Cc1ccc(Br)c(NC(CN)c2ccc(Br)c(Br)c2)c1. The average molecular weight is 463 g/mol. The summed E-state index contributed by atoms with van der Waals surface area (Å²) in [4.78, 5) is 0. The van der Waals surface area contributed by atoms with E-state index in [0.29, 0.717) is 6.54 Å². The van der Waals surface area contributed by atoms with Crippen LogP contribution in [0.3, 0.4) is 0 Å². The molecular formula is C15H15Br3N2. The highest BCUT2D eigenvalue weighted by atomic mass is 79.9. The first kappa shape index (κ1) is 16.0. The van der Waals surface area contributed by atoms with E-state index in [-0.39, 0.29) is 6.04 Å². The lowest BCUT2D eigenvalue weighted by Gasteiger charge is -2.20. The van der Waals surface area contributed by atoms with Crippen molar-refractivity contribution in [3.63, 3.8) is 0 Å². The monoisotopic (exact) mass is 460 g/mol. The van der Waals surface area contributed by atoms with Crippen LogP contribution in [0, 0.1) is 6.92 Å². The van der Waals surface area contributed by atoms with Crippen LogP contribution >= 0.6 is 47.8 Å². The third-order valence-corrected chi connectivity index (χ3v) is 5.60. The summed E-state index contributed by atoms with van der Waals surface area (Å²) >= 11 is 10.6. The highest BCUT2D eigenvalue weighted by molar-refractivity contribution is 9.13. The summed E-state index contributed by atoms with van der Waals surface area (Å²) in [5.41, 5.74) is 9.34. The molecule has 0 aliphatic carbocycles. The second kappa shape index (κ2) is 7.07. The molecule has 0 heterocycles. The van der Waals surface area contributed by atoms with Gasteiger partial charge in [-0.1, -0.05) is 12.1 Å². The van der Waals surface area contributed by atoms with E-state index in [4.69, 9.17) is 5.73 Å². The Morgan fingerprint density at radius 2 is 1.70 bits per heavy atom. The van der Waals surface area contributed by atoms with Gasteiger partial charge in [0.15, 0.2) is 0 Å². The van der Waals surface area contributed by atoms with Gasteiger partial charge in [-0.3, -0.25) is 0 Å². The van der Waals surface area contributed by atoms with Crippen LogP contribution in [0.15, 0.2) is 49.8 Å². The molecule has 1 atom stereocenters. The molecule has 0 amide bonds.